The molecule has 5 heteroatoms. The maximum atomic E-state index is 10.5. The number of carboxylic acids is 1. The number of carbonyl (C=O) groups is 1. The lowest BCUT2D eigenvalue weighted by atomic mass is 9.88. The fourth-order valence-electron chi connectivity index (χ4n) is 3.58. The summed E-state index contributed by atoms with van der Waals surface area (Å²) in [6.45, 7) is 3.91. The minimum Gasteiger partial charge on any atom is -0.481 e. The maximum absolute atomic E-state index is 10.5. The van der Waals surface area contributed by atoms with Gasteiger partial charge in [-0.15, -0.1) is 0 Å². The molecule has 150 valence electrons. The third-order valence-electron chi connectivity index (χ3n) is 5.22. The van der Waals surface area contributed by atoms with Gasteiger partial charge in [-0.2, -0.15) is 0 Å². The number of aliphatic hydroxyl groups excluding tert-OH is 2. The molecule has 1 fully saturated rings. The zero-order chi connectivity index (χ0) is 19.6. The van der Waals surface area contributed by atoms with Crippen molar-refractivity contribution in [2.75, 3.05) is 0 Å². The van der Waals surface area contributed by atoms with E-state index in [1.807, 2.05) is 18.2 Å². The number of aliphatic carboxylic acids is 1. The van der Waals surface area contributed by atoms with Gasteiger partial charge in [0.25, 0.3) is 0 Å². The van der Waals surface area contributed by atoms with Gasteiger partial charge in [-0.05, 0) is 38.5 Å². The highest BCUT2D eigenvalue weighted by molar-refractivity contribution is 5.66. The van der Waals surface area contributed by atoms with Crippen molar-refractivity contribution in [3.63, 3.8) is 0 Å². The van der Waals surface area contributed by atoms with E-state index in [9.17, 15) is 20.1 Å². The standard InChI is InChI=1S/C21H36O5/c1-3-4-9-13-21(2,26)14-12-17-16(18(22)15-19(17)23)10-7-5-6-8-11-20(24)25/h5,7,12,14,16-19,22-23,26H,3-4,6,8-11,13,15H2,1-2H3,(H,24,25)/b7-5+,14-12-/t16-,17-,18+,19-,21-/m0/s1. The Kier molecular flexibility index (Phi) is 10.1. The summed E-state index contributed by atoms with van der Waals surface area (Å²) in [5.41, 5.74) is -0.889. The summed E-state index contributed by atoms with van der Waals surface area (Å²) >= 11 is 0. The predicted molar refractivity (Wildman–Crippen MR) is 103 cm³/mol. The van der Waals surface area contributed by atoms with Crippen molar-refractivity contribution in [1.82, 2.24) is 0 Å². The van der Waals surface area contributed by atoms with Gasteiger partial charge in [-0.3, -0.25) is 4.79 Å². The second-order valence-corrected chi connectivity index (χ2v) is 7.78. The predicted octanol–water partition coefficient (Wildman–Crippen LogP) is 3.43. The molecular formula is C21H36O5. The fourth-order valence-corrected chi connectivity index (χ4v) is 3.58. The van der Waals surface area contributed by atoms with Crippen LogP contribution in [0.2, 0.25) is 0 Å². The molecule has 0 aliphatic heterocycles. The molecule has 1 aliphatic rings. The van der Waals surface area contributed by atoms with E-state index in [2.05, 4.69) is 6.92 Å². The van der Waals surface area contributed by atoms with Crippen LogP contribution in [0.3, 0.4) is 0 Å². The smallest absolute Gasteiger partial charge is 0.303 e. The van der Waals surface area contributed by atoms with E-state index in [1.165, 1.54) is 0 Å². The first kappa shape index (κ1) is 22.9. The second kappa shape index (κ2) is 11.5. The Morgan fingerprint density at radius 2 is 1.88 bits per heavy atom. The van der Waals surface area contributed by atoms with E-state index in [0.29, 0.717) is 32.1 Å². The lowest BCUT2D eigenvalue weighted by molar-refractivity contribution is -0.137. The molecule has 0 aromatic heterocycles. The summed E-state index contributed by atoms with van der Waals surface area (Å²) in [5, 5.41) is 39.6. The molecule has 1 rings (SSSR count). The van der Waals surface area contributed by atoms with E-state index in [-0.39, 0.29) is 18.3 Å². The SMILES string of the molecule is CCCCC[C@](C)(O)/C=C\[C@H]1[C@H](C/C=C/CCCC(=O)O)[C@H](O)C[C@@H]1O. The van der Waals surface area contributed by atoms with Crippen LogP contribution in [-0.2, 0) is 4.79 Å². The second-order valence-electron chi connectivity index (χ2n) is 7.78. The zero-order valence-corrected chi connectivity index (χ0v) is 16.2. The van der Waals surface area contributed by atoms with Gasteiger partial charge in [0, 0.05) is 18.8 Å². The summed E-state index contributed by atoms with van der Waals surface area (Å²) in [6, 6.07) is 0. The molecule has 0 bridgehead atoms. The van der Waals surface area contributed by atoms with Gasteiger partial charge in [-0.25, -0.2) is 0 Å². The lowest BCUT2D eigenvalue weighted by Crippen LogP contribution is -2.24. The highest BCUT2D eigenvalue weighted by Gasteiger charge is 2.39. The van der Waals surface area contributed by atoms with Crippen molar-refractivity contribution >= 4 is 5.97 Å². The molecule has 1 aliphatic carbocycles. The Bertz CT molecular complexity index is 469. The van der Waals surface area contributed by atoms with Crippen LogP contribution in [0.5, 0.6) is 0 Å². The molecule has 1 saturated carbocycles. The molecule has 0 amide bonds. The van der Waals surface area contributed by atoms with Crippen molar-refractivity contribution < 1.29 is 25.2 Å². The molecule has 0 heterocycles. The van der Waals surface area contributed by atoms with E-state index >= 15 is 0 Å². The number of allylic oxidation sites excluding steroid dienone is 2. The third kappa shape index (κ3) is 8.47. The largest absolute Gasteiger partial charge is 0.481 e. The van der Waals surface area contributed by atoms with E-state index in [4.69, 9.17) is 5.11 Å². The van der Waals surface area contributed by atoms with Crippen molar-refractivity contribution in [3.8, 4) is 0 Å². The van der Waals surface area contributed by atoms with Crippen molar-refractivity contribution in [2.45, 2.75) is 89.4 Å². The minimum absolute atomic E-state index is 0.0802. The van der Waals surface area contributed by atoms with Gasteiger partial charge >= 0.3 is 5.97 Å². The number of hydrogen-bond donors (Lipinski definition) is 4. The molecular weight excluding hydrogens is 332 g/mol. The average molecular weight is 369 g/mol. The molecule has 4 N–H and O–H groups in total. The summed E-state index contributed by atoms with van der Waals surface area (Å²) in [4.78, 5) is 10.5. The fraction of sp³-hybridized carbons (Fsp3) is 0.762. The lowest BCUT2D eigenvalue weighted by Gasteiger charge is -2.23. The van der Waals surface area contributed by atoms with Crippen LogP contribution in [0.4, 0.5) is 0 Å². The van der Waals surface area contributed by atoms with Crippen LogP contribution in [0.15, 0.2) is 24.3 Å². The van der Waals surface area contributed by atoms with E-state index in [0.717, 1.165) is 19.3 Å². The summed E-state index contributed by atoms with van der Waals surface area (Å²) in [6.07, 6.45) is 12.7. The van der Waals surface area contributed by atoms with Crippen LogP contribution >= 0.6 is 0 Å². The Morgan fingerprint density at radius 1 is 1.15 bits per heavy atom. The summed E-state index contributed by atoms with van der Waals surface area (Å²) < 4.78 is 0. The van der Waals surface area contributed by atoms with Crippen LogP contribution in [0, 0.1) is 11.8 Å². The molecule has 0 unspecified atom stereocenters. The van der Waals surface area contributed by atoms with Gasteiger partial charge < -0.3 is 20.4 Å². The van der Waals surface area contributed by atoms with Crippen molar-refractivity contribution in [3.05, 3.63) is 24.3 Å². The highest BCUT2D eigenvalue weighted by atomic mass is 16.4. The molecule has 0 aromatic rings. The number of rotatable bonds is 12. The van der Waals surface area contributed by atoms with E-state index in [1.54, 1.807) is 13.0 Å². The number of aliphatic hydroxyl groups is 3. The maximum Gasteiger partial charge on any atom is 0.303 e. The Labute approximate surface area is 157 Å². The van der Waals surface area contributed by atoms with Gasteiger partial charge in [-0.1, -0.05) is 50.5 Å². The van der Waals surface area contributed by atoms with Crippen LogP contribution in [0.25, 0.3) is 0 Å². The molecule has 5 nitrogen and oxygen atoms in total. The number of unbranched alkanes of at least 4 members (excludes halogenated alkanes) is 3. The normalized spacial score (nSPS) is 28.8. The third-order valence-corrected chi connectivity index (χ3v) is 5.22. The Hall–Kier alpha value is -1.17. The van der Waals surface area contributed by atoms with Gasteiger partial charge in [0.05, 0.1) is 17.8 Å². The zero-order valence-electron chi connectivity index (χ0n) is 16.2. The minimum atomic E-state index is -0.889. The van der Waals surface area contributed by atoms with Crippen LogP contribution in [-0.4, -0.2) is 44.2 Å². The number of carboxylic acid groups (broad SMARTS) is 1. The van der Waals surface area contributed by atoms with Crippen LogP contribution < -0.4 is 0 Å². The van der Waals surface area contributed by atoms with Crippen molar-refractivity contribution in [1.29, 1.82) is 0 Å². The quantitative estimate of drug-likeness (QED) is 0.312. The van der Waals surface area contributed by atoms with Gasteiger partial charge in [0.2, 0.25) is 0 Å². The molecule has 5 atom stereocenters. The topological polar surface area (TPSA) is 98.0 Å². The molecule has 0 radical (unpaired) electrons. The first-order valence-corrected chi connectivity index (χ1v) is 9.91. The number of hydrogen-bond acceptors (Lipinski definition) is 4. The first-order chi connectivity index (χ1) is 12.3. The van der Waals surface area contributed by atoms with Gasteiger partial charge in [0.1, 0.15) is 0 Å². The summed E-state index contributed by atoms with van der Waals surface area (Å²) in [5.74, 6) is -1.04. The van der Waals surface area contributed by atoms with E-state index < -0.39 is 23.8 Å². The summed E-state index contributed by atoms with van der Waals surface area (Å²) in [7, 11) is 0. The highest BCUT2D eigenvalue weighted by Crippen LogP contribution is 2.37. The average Bonchev–Trinajstić information content (AvgIpc) is 2.82. The molecule has 26 heavy (non-hydrogen) atoms. The van der Waals surface area contributed by atoms with Crippen molar-refractivity contribution in [2.24, 2.45) is 11.8 Å². The Morgan fingerprint density at radius 3 is 2.54 bits per heavy atom. The monoisotopic (exact) mass is 368 g/mol. The van der Waals surface area contributed by atoms with Crippen LogP contribution in [0.1, 0.15) is 71.6 Å². The Balaban J connectivity index is 2.56. The van der Waals surface area contributed by atoms with Gasteiger partial charge in [0.15, 0.2) is 0 Å². The molecule has 0 aromatic carbocycles. The first-order valence-electron chi connectivity index (χ1n) is 9.91. The molecule has 0 spiro atoms. The molecule has 0 saturated heterocycles.